The molecule has 6 nitrogen and oxygen atoms in total. The number of anilines is 3. The van der Waals surface area contributed by atoms with Gasteiger partial charge in [0.25, 0.3) is 0 Å². The van der Waals surface area contributed by atoms with Crippen LogP contribution >= 0.6 is 0 Å². The van der Waals surface area contributed by atoms with E-state index in [4.69, 9.17) is 4.74 Å². The molecule has 1 amide bonds. The standard InChI is InChI=1S/C19H18N4O2/c20-12-19(5-8-25-9-6-19)15-3-4-16-17(10-15)23(13-24)11-14-2-1-7-21-18(14)22-16/h1-4,7,10,13H,5-6,8-9,11H2,(H,21,22). The highest BCUT2D eigenvalue weighted by Gasteiger charge is 2.35. The third kappa shape index (κ3) is 2.63. The van der Waals surface area contributed by atoms with E-state index in [1.54, 1.807) is 11.1 Å². The molecule has 126 valence electrons. The number of aromatic nitrogens is 1. The van der Waals surface area contributed by atoms with Crippen molar-refractivity contribution >= 4 is 23.6 Å². The second kappa shape index (κ2) is 6.19. The smallest absolute Gasteiger partial charge is 0.214 e. The number of carbonyl (C=O) groups excluding carboxylic acids is 1. The van der Waals surface area contributed by atoms with Gasteiger partial charge in [-0.25, -0.2) is 4.98 Å². The van der Waals surface area contributed by atoms with Crippen molar-refractivity contribution in [2.75, 3.05) is 23.4 Å². The number of carbonyl (C=O) groups is 1. The maximum atomic E-state index is 11.7. The maximum Gasteiger partial charge on any atom is 0.214 e. The van der Waals surface area contributed by atoms with Crippen molar-refractivity contribution in [3.8, 4) is 6.07 Å². The molecule has 1 aromatic carbocycles. The molecule has 0 aliphatic carbocycles. The molecule has 0 spiro atoms. The van der Waals surface area contributed by atoms with E-state index in [2.05, 4.69) is 16.4 Å². The van der Waals surface area contributed by atoms with Gasteiger partial charge in [-0.3, -0.25) is 4.79 Å². The molecule has 2 aliphatic heterocycles. The van der Waals surface area contributed by atoms with Gasteiger partial charge in [0.15, 0.2) is 0 Å². The molecule has 6 heteroatoms. The van der Waals surface area contributed by atoms with E-state index in [1.165, 1.54) is 0 Å². The molecule has 2 aliphatic rings. The number of ether oxygens (including phenoxy) is 1. The monoisotopic (exact) mass is 334 g/mol. The van der Waals surface area contributed by atoms with E-state index in [0.717, 1.165) is 34.7 Å². The summed E-state index contributed by atoms with van der Waals surface area (Å²) < 4.78 is 5.43. The van der Waals surface area contributed by atoms with Crippen molar-refractivity contribution in [2.24, 2.45) is 0 Å². The second-order valence-corrected chi connectivity index (χ2v) is 6.41. The number of nitriles is 1. The summed E-state index contributed by atoms with van der Waals surface area (Å²) in [6.07, 6.45) is 3.88. The summed E-state index contributed by atoms with van der Waals surface area (Å²) in [7, 11) is 0. The Hall–Kier alpha value is -2.91. The van der Waals surface area contributed by atoms with Crippen molar-refractivity contribution in [3.63, 3.8) is 0 Å². The lowest BCUT2D eigenvalue weighted by molar-refractivity contribution is -0.107. The average molecular weight is 334 g/mol. The van der Waals surface area contributed by atoms with Crippen LogP contribution < -0.4 is 10.2 Å². The van der Waals surface area contributed by atoms with E-state index in [0.29, 0.717) is 32.6 Å². The predicted octanol–water partition coefficient (Wildman–Crippen LogP) is 2.87. The molecule has 1 aromatic heterocycles. The molecule has 4 rings (SSSR count). The molecule has 0 radical (unpaired) electrons. The van der Waals surface area contributed by atoms with Crippen LogP contribution in [0.1, 0.15) is 24.0 Å². The van der Waals surface area contributed by atoms with Crippen molar-refractivity contribution in [1.29, 1.82) is 5.26 Å². The van der Waals surface area contributed by atoms with Crippen LogP contribution in [0, 0.1) is 11.3 Å². The van der Waals surface area contributed by atoms with Gasteiger partial charge in [0.05, 0.1) is 29.4 Å². The predicted molar refractivity (Wildman–Crippen MR) is 93.6 cm³/mol. The highest BCUT2D eigenvalue weighted by Crippen LogP contribution is 2.40. The SMILES string of the molecule is N#CC1(c2ccc3c(c2)N(C=O)Cc2cccnc2N3)CCOCC1. The Morgan fingerprint density at radius 1 is 1.32 bits per heavy atom. The quantitative estimate of drug-likeness (QED) is 0.855. The number of nitrogens with zero attached hydrogens (tertiary/aromatic N) is 3. The first-order valence-electron chi connectivity index (χ1n) is 8.32. The fourth-order valence-electron chi connectivity index (χ4n) is 3.53. The van der Waals surface area contributed by atoms with Gasteiger partial charge in [-0.15, -0.1) is 0 Å². The minimum atomic E-state index is -0.556. The third-order valence-electron chi connectivity index (χ3n) is 5.03. The first-order chi connectivity index (χ1) is 12.3. The number of nitrogens with one attached hydrogen (secondary N) is 1. The van der Waals surface area contributed by atoms with Crippen LogP contribution in [-0.2, 0) is 21.5 Å². The van der Waals surface area contributed by atoms with Crippen LogP contribution in [0.4, 0.5) is 17.2 Å². The fourth-order valence-corrected chi connectivity index (χ4v) is 3.53. The molecule has 0 bridgehead atoms. The van der Waals surface area contributed by atoms with Gasteiger partial charge in [-0.05, 0) is 36.6 Å². The number of fused-ring (bicyclic) bond motifs is 2. The lowest BCUT2D eigenvalue weighted by atomic mass is 9.75. The molecule has 25 heavy (non-hydrogen) atoms. The third-order valence-corrected chi connectivity index (χ3v) is 5.03. The Morgan fingerprint density at radius 3 is 2.92 bits per heavy atom. The van der Waals surface area contributed by atoms with Crippen LogP contribution in [0.3, 0.4) is 0 Å². The molecule has 1 saturated heterocycles. The van der Waals surface area contributed by atoms with Gasteiger partial charge in [-0.2, -0.15) is 5.26 Å². The summed E-state index contributed by atoms with van der Waals surface area (Å²) >= 11 is 0. The van der Waals surface area contributed by atoms with E-state index < -0.39 is 5.41 Å². The Labute approximate surface area is 146 Å². The first kappa shape index (κ1) is 15.6. The van der Waals surface area contributed by atoms with Crippen molar-refractivity contribution in [2.45, 2.75) is 24.8 Å². The molecular formula is C19H18N4O2. The lowest BCUT2D eigenvalue weighted by Crippen LogP contribution is -2.32. The minimum absolute atomic E-state index is 0.443. The Balaban J connectivity index is 1.80. The summed E-state index contributed by atoms with van der Waals surface area (Å²) in [5.74, 6) is 0.752. The Kier molecular flexibility index (Phi) is 3.86. The molecule has 3 heterocycles. The van der Waals surface area contributed by atoms with E-state index in [-0.39, 0.29) is 0 Å². The maximum absolute atomic E-state index is 11.7. The fraction of sp³-hybridized carbons (Fsp3) is 0.316. The van der Waals surface area contributed by atoms with Gasteiger partial charge in [-0.1, -0.05) is 12.1 Å². The van der Waals surface area contributed by atoms with E-state index in [1.807, 2.05) is 30.3 Å². The molecular weight excluding hydrogens is 316 g/mol. The van der Waals surface area contributed by atoms with Crippen LogP contribution in [0.25, 0.3) is 0 Å². The van der Waals surface area contributed by atoms with Crippen molar-refractivity contribution < 1.29 is 9.53 Å². The molecule has 0 atom stereocenters. The topological polar surface area (TPSA) is 78.2 Å². The summed E-state index contributed by atoms with van der Waals surface area (Å²) in [4.78, 5) is 17.7. The Bertz CT molecular complexity index is 853. The zero-order valence-electron chi connectivity index (χ0n) is 13.7. The van der Waals surface area contributed by atoms with Crippen LogP contribution in [0.2, 0.25) is 0 Å². The number of hydrogen-bond donors (Lipinski definition) is 1. The molecule has 2 aromatic rings. The number of pyridine rings is 1. The van der Waals surface area contributed by atoms with Gasteiger partial charge in [0.2, 0.25) is 6.41 Å². The zero-order valence-corrected chi connectivity index (χ0v) is 13.7. The zero-order chi connectivity index (χ0) is 17.3. The molecule has 0 saturated carbocycles. The second-order valence-electron chi connectivity index (χ2n) is 6.41. The first-order valence-corrected chi connectivity index (χ1v) is 8.32. The van der Waals surface area contributed by atoms with Crippen molar-refractivity contribution in [1.82, 2.24) is 4.98 Å². The normalized spacial score (nSPS) is 18.1. The van der Waals surface area contributed by atoms with E-state index in [9.17, 15) is 10.1 Å². The minimum Gasteiger partial charge on any atom is -0.381 e. The highest BCUT2D eigenvalue weighted by atomic mass is 16.5. The lowest BCUT2D eigenvalue weighted by Gasteiger charge is -2.32. The van der Waals surface area contributed by atoms with Crippen molar-refractivity contribution in [3.05, 3.63) is 47.7 Å². The molecule has 0 unspecified atom stereocenters. The summed E-state index contributed by atoms with van der Waals surface area (Å²) in [6, 6.07) is 12.2. The van der Waals surface area contributed by atoms with Crippen LogP contribution in [-0.4, -0.2) is 24.6 Å². The summed E-state index contributed by atoms with van der Waals surface area (Å²) in [6.45, 7) is 1.60. The van der Waals surface area contributed by atoms with Gasteiger partial charge in [0, 0.05) is 25.0 Å². The Morgan fingerprint density at radius 2 is 2.16 bits per heavy atom. The van der Waals surface area contributed by atoms with Gasteiger partial charge >= 0.3 is 0 Å². The van der Waals surface area contributed by atoms with Gasteiger partial charge in [0.1, 0.15) is 5.82 Å². The molecule has 1 fully saturated rings. The van der Waals surface area contributed by atoms with Gasteiger partial charge < -0.3 is 15.0 Å². The summed E-state index contributed by atoms with van der Waals surface area (Å²) in [5, 5.41) is 13.1. The number of hydrogen-bond acceptors (Lipinski definition) is 5. The summed E-state index contributed by atoms with van der Waals surface area (Å²) in [5.41, 5.74) is 2.91. The number of benzene rings is 1. The highest BCUT2D eigenvalue weighted by molar-refractivity contribution is 5.88. The van der Waals surface area contributed by atoms with E-state index >= 15 is 0 Å². The largest absolute Gasteiger partial charge is 0.381 e. The number of amides is 1. The average Bonchev–Trinajstić information content (AvgIpc) is 2.84. The van der Waals surface area contributed by atoms with Crippen LogP contribution in [0.5, 0.6) is 0 Å². The van der Waals surface area contributed by atoms with Crippen LogP contribution in [0.15, 0.2) is 36.5 Å². The molecule has 1 N–H and O–H groups in total. The number of rotatable bonds is 2.